The molecule has 0 spiro atoms. The molecule has 1 heterocycles. The van der Waals surface area contributed by atoms with E-state index in [9.17, 15) is 9.59 Å². The summed E-state index contributed by atoms with van der Waals surface area (Å²) in [5, 5.41) is 8.26. The highest BCUT2D eigenvalue weighted by Gasteiger charge is 2.05. The summed E-state index contributed by atoms with van der Waals surface area (Å²) in [4.78, 5) is 25.2. The maximum Gasteiger partial charge on any atom is 0.248 e. The second-order valence-electron chi connectivity index (χ2n) is 6.07. The van der Waals surface area contributed by atoms with Gasteiger partial charge in [0.25, 0.3) is 0 Å². The van der Waals surface area contributed by atoms with Crippen molar-refractivity contribution in [1.29, 1.82) is 0 Å². The minimum Gasteiger partial charge on any atom is -0.351 e. The third-order valence-electron chi connectivity index (χ3n) is 3.95. The van der Waals surface area contributed by atoms with Crippen molar-refractivity contribution in [2.45, 2.75) is 13.0 Å². The molecule has 28 heavy (non-hydrogen) atoms. The Bertz CT molecular complexity index is 966. The Morgan fingerprint density at radius 2 is 1.79 bits per heavy atom. The number of rotatable bonds is 7. The highest BCUT2D eigenvalue weighted by Crippen LogP contribution is 2.16. The molecule has 0 aliphatic heterocycles. The van der Waals surface area contributed by atoms with Gasteiger partial charge in [0.05, 0.1) is 13.0 Å². The van der Waals surface area contributed by atoms with Crippen LogP contribution >= 0.6 is 22.9 Å². The number of benzene rings is 2. The lowest BCUT2D eigenvalue weighted by Gasteiger charge is -2.06. The van der Waals surface area contributed by atoms with Gasteiger partial charge in [-0.05, 0) is 46.8 Å². The van der Waals surface area contributed by atoms with Crippen LogP contribution in [0.5, 0.6) is 0 Å². The number of nitrogens with one attached hydrogen (secondary N) is 2. The van der Waals surface area contributed by atoms with Crippen molar-refractivity contribution >= 4 is 46.5 Å². The molecule has 0 radical (unpaired) electrons. The number of amides is 2. The van der Waals surface area contributed by atoms with Crippen LogP contribution in [0.25, 0.3) is 6.08 Å². The first-order valence-electron chi connectivity index (χ1n) is 8.72. The zero-order valence-corrected chi connectivity index (χ0v) is 16.6. The summed E-state index contributed by atoms with van der Waals surface area (Å²) >= 11 is 7.68. The van der Waals surface area contributed by atoms with Gasteiger partial charge in [0.15, 0.2) is 0 Å². The molecule has 6 heteroatoms. The highest BCUT2D eigenvalue weighted by atomic mass is 35.5. The largest absolute Gasteiger partial charge is 0.351 e. The van der Waals surface area contributed by atoms with Crippen LogP contribution in [-0.4, -0.2) is 11.8 Å². The van der Waals surface area contributed by atoms with Gasteiger partial charge in [0.2, 0.25) is 11.8 Å². The topological polar surface area (TPSA) is 58.2 Å². The van der Waals surface area contributed by atoms with E-state index in [1.54, 1.807) is 35.6 Å². The number of halogens is 1. The molecule has 4 nitrogen and oxygen atoms in total. The summed E-state index contributed by atoms with van der Waals surface area (Å²) in [6.45, 7) is 0.544. The number of carbonyl (C=O) groups is 2. The summed E-state index contributed by atoms with van der Waals surface area (Å²) in [5.41, 5.74) is 2.33. The third-order valence-corrected chi connectivity index (χ3v) is 5.17. The smallest absolute Gasteiger partial charge is 0.248 e. The van der Waals surface area contributed by atoms with Crippen LogP contribution in [0.2, 0.25) is 5.02 Å². The molecule has 2 N–H and O–H groups in total. The Labute approximate surface area is 172 Å². The first-order chi connectivity index (χ1) is 13.6. The van der Waals surface area contributed by atoms with Crippen molar-refractivity contribution in [2.75, 3.05) is 5.32 Å². The molecular weight excluding hydrogens is 392 g/mol. The van der Waals surface area contributed by atoms with Crippen molar-refractivity contribution in [1.82, 2.24) is 5.32 Å². The number of hydrogen-bond acceptors (Lipinski definition) is 3. The SMILES string of the molecule is O=C(C=Cc1ccccc1Cl)Nc1ccc(CC(=O)NCc2cccs2)cc1. The van der Waals surface area contributed by atoms with Crippen LogP contribution in [0, 0.1) is 0 Å². The van der Waals surface area contributed by atoms with E-state index in [2.05, 4.69) is 10.6 Å². The lowest BCUT2D eigenvalue weighted by atomic mass is 10.1. The van der Waals surface area contributed by atoms with Gasteiger partial charge in [-0.2, -0.15) is 0 Å². The lowest BCUT2D eigenvalue weighted by Crippen LogP contribution is -2.24. The van der Waals surface area contributed by atoms with Gasteiger partial charge >= 0.3 is 0 Å². The lowest BCUT2D eigenvalue weighted by molar-refractivity contribution is -0.120. The number of anilines is 1. The highest BCUT2D eigenvalue weighted by molar-refractivity contribution is 7.09. The van der Waals surface area contributed by atoms with Gasteiger partial charge in [-0.25, -0.2) is 0 Å². The van der Waals surface area contributed by atoms with Crippen molar-refractivity contribution in [2.24, 2.45) is 0 Å². The molecule has 0 saturated carbocycles. The molecule has 1 aromatic heterocycles. The van der Waals surface area contributed by atoms with Gasteiger partial charge in [-0.15, -0.1) is 11.3 Å². The molecule has 142 valence electrons. The molecule has 0 atom stereocenters. The van der Waals surface area contributed by atoms with Gasteiger partial charge in [-0.3, -0.25) is 9.59 Å². The Morgan fingerprint density at radius 1 is 1.00 bits per heavy atom. The number of thiophene rings is 1. The molecule has 0 fully saturated rings. The van der Waals surface area contributed by atoms with Crippen LogP contribution in [-0.2, 0) is 22.6 Å². The number of carbonyl (C=O) groups excluding carboxylic acids is 2. The molecule has 0 aliphatic carbocycles. The first-order valence-corrected chi connectivity index (χ1v) is 9.97. The Balaban J connectivity index is 1.49. The summed E-state index contributed by atoms with van der Waals surface area (Å²) in [6.07, 6.45) is 3.41. The molecule has 0 aliphatic rings. The maximum absolute atomic E-state index is 12.1. The summed E-state index contributed by atoms with van der Waals surface area (Å²) in [7, 11) is 0. The predicted molar refractivity (Wildman–Crippen MR) is 115 cm³/mol. The van der Waals surface area contributed by atoms with Crippen LogP contribution in [0.3, 0.4) is 0 Å². The van der Waals surface area contributed by atoms with Crippen molar-refractivity contribution in [3.05, 3.63) is 93.1 Å². The third kappa shape index (κ3) is 6.08. The molecular formula is C22H19ClN2O2S. The standard InChI is InChI=1S/C22H19ClN2O2S/c23-20-6-2-1-4-17(20)9-12-21(26)25-18-10-7-16(8-11-18)14-22(27)24-15-19-5-3-13-28-19/h1-13H,14-15H2,(H,24,27)(H,25,26). The maximum atomic E-state index is 12.1. The second kappa shape index (κ2) is 9.88. The van der Waals surface area contributed by atoms with E-state index in [4.69, 9.17) is 11.6 Å². The summed E-state index contributed by atoms with van der Waals surface area (Å²) < 4.78 is 0. The quantitative estimate of drug-likeness (QED) is 0.543. The Hall–Kier alpha value is -2.89. The van der Waals surface area contributed by atoms with Crippen LogP contribution in [0.15, 0.2) is 72.1 Å². The van der Waals surface area contributed by atoms with E-state index in [1.807, 2.05) is 47.8 Å². The minimum absolute atomic E-state index is 0.0344. The molecule has 3 aromatic rings. The van der Waals surface area contributed by atoms with Crippen LogP contribution < -0.4 is 10.6 Å². The van der Waals surface area contributed by atoms with Crippen LogP contribution in [0.1, 0.15) is 16.0 Å². The van der Waals surface area contributed by atoms with E-state index in [1.165, 1.54) is 6.08 Å². The molecule has 0 unspecified atom stereocenters. The number of hydrogen-bond donors (Lipinski definition) is 2. The van der Waals surface area contributed by atoms with Crippen molar-refractivity contribution < 1.29 is 9.59 Å². The molecule has 0 bridgehead atoms. The van der Waals surface area contributed by atoms with Gasteiger partial charge < -0.3 is 10.6 Å². The van der Waals surface area contributed by atoms with E-state index in [-0.39, 0.29) is 11.8 Å². The van der Waals surface area contributed by atoms with E-state index in [0.29, 0.717) is 23.7 Å². The van der Waals surface area contributed by atoms with Crippen molar-refractivity contribution in [3.8, 4) is 0 Å². The molecule has 2 aromatic carbocycles. The average Bonchev–Trinajstić information content (AvgIpc) is 3.21. The van der Waals surface area contributed by atoms with Gasteiger partial charge in [0, 0.05) is 21.7 Å². The molecule has 0 saturated heterocycles. The zero-order chi connectivity index (χ0) is 19.8. The molecule has 3 rings (SSSR count). The molecule has 2 amide bonds. The average molecular weight is 411 g/mol. The van der Waals surface area contributed by atoms with Crippen molar-refractivity contribution in [3.63, 3.8) is 0 Å². The fraction of sp³-hybridized carbons (Fsp3) is 0.0909. The first kappa shape index (κ1) is 19.9. The summed E-state index contributed by atoms with van der Waals surface area (Å²) in [6, 6.07) is 18.5. The fourth-order valence-electron chi connectivity index (χ4n) is 2.51. The fourth-order valence-corrected chi connectivity index (χ4v) is 3.36. The predicted octanol–water partition coefficient (Wildman–Crippen LogP) is 4.91. The second-order valence-corrected chi connectivity index (χ2v) is 7.51. The van der Waals surface area contributed by atoms with Gasteiger partial charge in [0.1, 0.15) is 0 Å². The normalized spacial score (nSPS) is 10.8. The minimum atomic E-state index is -0.249. The Kier molecular flexibility index (Phi) is 7.00. The van der Waals surface area contributed by atoms with E-state index >= 15 is 0 Å². The van der Waals surface area contributed by atoms with Gasteiger partial charge in [-0.1, -0.05) is 48.0 Å². The zero-order valence-electron chi connectivity index (χ0n) is 15.0. The van der Waals surface area contributed by atoms with E-state index < -0.39 is 0 Å². The van der Waals surface area contributed by atoms with Crippen LogP contribution in [0.4, 0.5) is 5.69 Å². The summed E-state index contributed by atoms with van der Waals surface area (Å²) in [5.74, 6) is -0.283. The monoisotopic (exact) mass is 410 g/mol. The Morgan fingerprint density at radius 3 is 2.50 bits per heavy atom. The van der Waals surface area contributed by atoms with E-state index in [0.717, 1.165) is 16.0 Å².